The van der Waals surface area contributed by atoms with Gasteiger partial charge in [-0.05, 0) is 50.2 Å². The fourth-order valence-electron chi connectivity index (χ4n) is 3.31. The zero-order valence-corrected chi connectivity index (χ0v) is 19.8. The number of likely N-dealkylation sites (N-methyl/N-ethyl adjacent to an activating group) is 1. The summed E-state index contributed by atoms with van der Waals surface area (Å²) in [5, 5.41) is 12.5. The molecule has 1 aliphatic heterocycles. The van der Waals surface area contributed by atoms with Crippen molar-refractivity contribution in [2.24, 2.45) is 0 Å². The number of nitrogens with one attached hydrogen (secondary N) is 1. The number of anilines is 1. The summed E-state index contributed by atoms with van der Waals surface area (Å²) >= 11 is 0. The maximum atomic E-state index is 13.8. The van der Waals surface area contributed by atoms with E-state index in [1.165, 1.54) is 41.6 Å². The molecule has 2 amide bonds. The van der Waals surface area contributed by atoms with Crippen molar-refractivity contribution in [3.8, 4) is 29.1 Å². The molecule has 0 aliphatic carbocycles. The molecule has 0 fully saturated rings. The van der Waals surface area contributed by atoms with Crippen molar-refractivity contribution in [2.75, 3.05) is 18.6 Å². The summed E-state index contributed by atoms with van der Waals surface area (Å²) < 4.78 is 25.0. The summed E-state index contributed by atoms with van der Waals surface area (Å²) in [5.41, 5.74) is -0.125. The molecule has 0 saturated carbocycles. The summed E-state index contributed by atoms with van der Waals surface area (Å²) in [5.74, 6) is 4.29. The van der Waals surface area contributed by atoms with Crippen molar-refractivity contribution in [1.82, 2.24) is 15.3 Å². The second kappa shape index (κ2) is 10.0. The van der Waals surface area contributed by atoms with Crippen molar-refractivity contribution in [2.45, 2.75) is 25.5 Å². The van der Waals surface area contributed by atoms with Crippen LogP contribution < -0.4 is 19.7 Å². The first-order valence-corrected chi connectivity index (χ1v) is 11.0. The molecule has 0 bridgehead atoms. The molecular weight excluding hydrogens is 467 g/mol. The summed E-state index contributed by atoms with van der Waals surface area (Å²) in [6.07, 6.45) is 2.63. The van der Waals surface area contributed by atoms with Crippen molar-refractivity contribution in [1.29, 1.82) is 0 Å². The second-order valence-electron chi connectivity index (χ2n) is 8.50. The van der Waals surface area contributed by atoms with Crippen molar-refractivity contribution < 1.29 is 28.6 Å². The lowest BCUT2D eigenvalue weighted by Crippen LogP contribution is -2.49. The first-order chi connectivity index (χ1) is 17.1. The van der Waals surface area contributed by atoms with Crippen LogP contribution in [-0.4, -0.2) is 52.2 Å². The third-order valence-corrected chi connectivity index (χ3v) is 5.09. The number of hydrogen-bond donors (Lipinski definition) is 2. The van der Waals surface area contributed by atoms with E-state index >= 15 is 0 Å². The maximum Gasteiger partial charge on any atom is 0.270 e. The van der Waals surface area contributed by atoms with Crippen molar-refractivity contribution >= 4 is 17.5 Å². The van der Waals surface area contributed by atoms with Gasteiger partial charge in [0.05, 0.1) is 5.69 Å². The first-order valence-electron chi connectivity index (χ1n) is 11.0. The van der Waals surface area contributed by atoms with E-state index in [0.717, 1.165) is 0 Å². The van der Waals surface area contributed by atoms with E-state index in [0.29, 0.717) is 17.0 Å². The lowest BCUT2D eigenvalue weighted by atomic mass is 10.1. The van der Waals surface area contributed by atoms with Crippen molar-refractivity contribution in [3.05, 3.63) is 72.1 Å². The zero-order chi connectivity index (χ0) is 25.9. The van der Waals surface area contributed by atoms with Gasteiger partial charge in [0.1, 0.15) is 35.4 Å². The van der Waals surface area contributed by atoms with Gasteiger partial charge in [-0.1, -0.05) is 11.8 Å². The van der Waals surface area contributed by atoms with Crippen LogP contribution in [0.5, 0.6) is 17.2 Å². The molecule has 1 aliphatic rings. The fourth-order valence-corrected chi connectivity index (χ4v) is 3.31. The van der Waals surface area contributed by atoms with E-state index in [1.54, 1.807) is 39.1 Å². The Balaban J connectivity index is 1.49. The number of benzene rings is 1. The lowest BCUT2D eigenvalue weighted by molar-refractivity contribution is -0.120. The Hall–Kier alpha value is -4.49. The van der Waals surface area contributed by atoms with Gasteiger partial charge in [-0.2, -0.15) is 4.39 Å². The van der Waals surface area contributed by atoms with Gasteiger partial charge in [-0.25, -0.2) is 4.98 Å². The van der Waals surface area contributed by atoms with Crippen LogP contribution >= 0.6 is 0 Å². The Morgan fingerprint density at radius 2 is 2.06 bits per heavy atom. The average Bonchev–Trinajstić information content (AvgIpc) is 2.96. The number of halogens is 1. The number of carbonyl (C=O) groups excluding carboxylic acids is 2. The van der Waals surface area contributed by atoms with E-state index in [2.05, 4.69) is 27.1 Å². The van der Waals surface area contributed by atoms with E-state index in [9.17, 15) is 19.1 Å². The SMILES string of the molecule is CN1C(=O)C(NC(=O)c2cc(Oc3cccnc3F)ccn2)COc2ccc(C#CC(C)(C)O)cc21. The monoisotopic (exact) mass is 490 g/mol. The molecule has 9 nitrogen and oxygen atoms in total. The molecule has 2 aromatic heterocycles. The number of amides is 2. The molecular formula is C26H23FN4O5. The van der Waals surface area contributed by atoms with Gasteiger partial charge < -0.3 is 24.8 Å². The predicted molar refractivity (Wildman–Crippen MR) is 128 cm³/mol. The van der Waals surface area contributed by atoms with E-state index in [4.69, 9.17) is 9.47 Å². The number of carbonyl (C=O) groups is 2. The van der Waals surface area contributed by atoms with Gasteiger partial charge in [-0.15, -0.1) is 0 Å². The Bertz CT molecular complexity index is 1380. The Kier molecular flexibility index (Phi) is 6.85. The molecule has 0 radical (unpaired) electrons. The minimum absolute atomic E-state index is 0.0295. The van der Waals surface area contributed by atoms with Crippen LogP contribution in [0.2, 0.25) is 0 Å². The fraction of sp³-hybridized carbons (Fsp3) is 0.231. The molecule has 10 heteroatoms. The minimum atomic E-state index is -1.16. The Morgan fingerprint density at radius 3 is 2.81 bits per heavy atom. The molecule has 184 valence electrons. The summed E-state index contributed by atoms with van der Waals surface area (Å²) in [7, 11) is 1.57. The van der Waals surface area contributed by atoms with Crippen LogP contribution in [0.4, 0.5) is 10.1 Å². The number of rotatable bonds is 4. The van der Waals surface area contributed by atoms with E-state index in [-0.39, 0.29) is 23.8 Å². The van der Waals surface area contributed by atoms with Crippen LogP contribution in [0.1, 0.15) is 29.9 Å². The zero-order valence-electron chi connectivity index (χ0n) is 19.8. The topological polar surface area (TPSA) is 114 Å². The average molecular weight is 490 g/mol. The van der Waals surface area contributed by atoms with Crippen LogP contribution in [0.15, 0.2) is 54.9 Å². The third kappa shape index (κ3) is 5.76. The highest BCUT2D eigenvalue weighted by Gasteiger charge is 2.31. The standard InChI is InChI=1S/C26H23FN4O5/c1-26(2,34)10-8-16-6-7-21-20(13-16)31(3)25(33)19(15-35-21)30-24(32)18-14-17(9-12-28-18)36-22-5-4-11-29-23(22)27/h4-7,9,11-14,19,34H,15H2,1-3H3,(H,30,32). The third-order valence-electron chi connectivity index (χ3n) is 5.09. The number of aliphatic hydroxyl groups is 1. The number of aromatic nitrogens is 2. The van der Waals surface area contributed by atoms with Gasteiger partial charge in [0.2, 0.25) is 0 Å². The van der Waals surface area contributed by atoms with E-state index in [1.807, 2.05) is 0 Å². The number of ether oxygens (including phenoxy) is 2. The highest BCUT2D eigenvalue weighted by atomic mass is 19.1. The predicted octanol–water partition coefficient (Wildman–Crippen LogP) is 2.68. The highest BCUT2D eigenvalue weighted by molar-refractivity contribution is 6.03. The van der Waals surface area contributed by atoms with Gasteiger partial charge in [0.15, 0.2) is 5.75 Å². The summed E-state index contributed by atoms with van der Waals surface area (Å²) in [4.78, 5) is 34.9. The van der Waals surface area contributed by atoms with Crippen molar-refractivity contribution in [3.63, 3.8) is 0 Å². The van der Waals surface area contributed by atoms with Crippen LogP contribution in [0.25, 0.3) is 0 Å². The quantitative estimate of drug-likeness (QED) is 0.427. The molecule has 1 unspecified atom stereocenters. The molecule has 0 spiro atoms. The minimum Gasteiger partial charge on any atom is -0.489 e. The number of hydrogen-bond acceptors (Lipinski definition) is 7. The molecule has 1 aromatic carbocycles. The Labute approximate surface area is 206 Å². The van der Waals surface area contributed by atoms with E-state index < -0.39 is 29.4 Å². The van der Waals surface area contributed by atoms with Crippen LogP contribution in [0.3, 0.4) is 0 Å². The largest absolute Gasteiger partial charge is 0.489 e. The molecule has 4 rings (SSSR count). The van der Waals surface area contributed by atoms with Gasteiger partial charge in [0, 0.05) is 31.1 Å². The molecule has 0 saturated heterocycles. The molecule has 1 atom stereocenters. The smallest absolute Gasteiger partial charge is 0.270 e. The lowest BCUT2D eigenvalue weighted by Gasteiger charge is -2.20. The highest BCUT2D eigenvalue weighted by Crippen LogP contribution is 2.31. The van der Waals surface area contributed by atoms with Gasteiger partial charge >= 0.3 is 0 Å². The van der Waals surface area contributed by atoms with Gasteiger partial charge in [-0.3, -0.25) is 14.6 Å². The molecule has 36 heavy (non-hydrogen) atoms. The molecule has 2 N–H and O–H groups in total. The number of nitrogens with zero attached hydrogens (tertiary/aromatic N) is 3. The number of fused-ring (bicyclic) bond motifs is 1. The Morgan fingerprint density at radius 1 is 1.25 bits per heavy atom. The van der Waals surface area contributed by atoms with Gasteiger partial charge in [0.25, 0.3) is 17.8 Å². The normalized spacial score (nSPS) is 15.1. The molecule has 3 aromatic rings. The second-order valence-corrected chi connectivity index (χ2v) is 8.50. The molecule has 3 heterocycles. The maximum absolute atomic E-state index is 13.8. The van der Waals surface area contributed by atoms with Crippen LogP contribution in [-0.2, 0) is 4.79 Å². The summed E-state index contributed by atoms with van der Waals surface area (Å²) in [6.45, 7) is 3.04. The first kappa shape index (κ1) is 24.6. The van der Waals surface area contributed by atoms with Crippen LogP contribution in [0, 0.1) is 17.8 Å². The number of pyridine rings is 2. The summed E-state index contributed by atoms with van der Waals surface area (Å²) in [6, 6.07) is 9.79.